The van der Waals surface area contributed by atoms with Gasteiger partial charge in [-0.1, -0.05) is 30.3 Å². The molecule has 0 amide bonds. The molecule has 1 N–H and O–H groups in total. The van der Waals surface area contributed by atoms with Crippen LogP contribution >= 0.6 is 17.0 Å². The Kier molecular flexibility index (Phi) is 6.53. The van der Waals surface area contributed by atoms with Crippen molar-refractivity contribution in [2.75, 3.05) is 0 Å². The highest BCUT2D eigenvalue weighted by atomic mass is 79.9. The summed E-state index contributed by atoms with van der Waals surface area (Å²) in [5.74, 6) is 0. The molecule has 0 saturated heterocycles. The van der Waals surface area contributed by atoms with Crippen molar-refractivity contribution in [1.82, 2.24) is 0 Å². The number of hydrogen-bond acceptors (Lipinski definition) is 2. The molecular weight excluding hydrogens is 266 g/mol. The van der Waals surface area contributed by atoms with E-state index < -0.39 is 5.60 Å². The molecule has 1 aromatic carbocycles. The Morgan fingerprint density at radius 2 is 1.81 bits per heavy atom. The minimum atomic E-state index is -0.662. The van der Waals surface area contributed by atoms with Gasteiger partial charge in [-0.15, -0.1) is 17.0 Å². The maximum Gasteiger partial charge on any atom is 0.0643 e. The van der Waals surface area contributed by atoms with Crippen LogP contribution in [0, 0.1) is 0 Å². The SMILES string of the molecule is Br.CC(CC(C)(C)O)=NCc1ccccc1. The second-order valence-corrected chi connectivity index (χ2v) is 4.53. The van der Waals surface area contributed by atoms with Crippen LogP contribution in [-0.2, 0) is 6.54 Å². The third-order valence-corrected chi connectivity index (χ3v) is 2.06. The topological polar surface area (TPSA) is 32.6 Å². The summed E-state index contributed by atoms with van der Waals surface area (Å²) in [6, 6.07) is 10.1. The fraction of sp³-hybridized carbons (Fsp3) is 0.462. The van der Waals surface area contributed by atoms with Crippen LogP contribution in [0.3, 0.4) is 0 Å². The smallest absolute Gasteiger partial charge is 0.0643 e. The first kappa shape index (κ1) is 15.3. The van der Waals surface area contributed by atoms with Crippen LogP contribution in [0.15, 0.2) is 35.3 Å². The lowest BCUT2D eigenvalue weighted by molar-refractivity contribution is 0.0884. The summed E-state index contributed by atoms with van der Waals surface area (Å²) >= 11 is 0. The van der Waals surface area contributed by atoms with E-state index in [1.54, 1.807) is 13.8 Å². The molecule has 16 heavy (non-hydrogen) atoms. The highest BCUT2D eigenvalue weighted by Crippen LogP contribution is 2.09. The average Bonchev–Trinajstić information content (AvgIpc) is 2.14. The number of halogens is 1. The monoisotopic (exact) mass is 285 g/mol. The molecule has 0 atom stereocenters. The normalized spacial score (nSPS) is 12.1. The van der Waals surface area contributed by atoms with Crippen LogP contribution in [0.25, 0.3) is 0 Å². The van der Waals surface area contributed by atoms with E-state index in [0.29, 0.717) is 13.0 Å². The first-order valence-corrected chi connectivity index (χ1v) is 5.23. The lowest BCUT2D eigenvalue weighted by atomic mass is 10.0. The van der Waals surface area contributed by atoms with E-state index in [1.165, 1.54) is 5.56 Å². The fourth-order valence-corrected chi connectivity index (χ4v) is 1.49. The highest BCUT2D eigenvalue weighted by Gasteiger charge is 2.13. The Morgan fingerprint density at radius 1 is 1.25 bits per heavy atom. The van der Waals surface area contributed by atoms with Gasteiger partial charge in [-0.3, -0.25) is 4.99 Å². The predicted octanol–water partition coefficient (Wildman–Crippen LogP) is 3.39. The van der Waals surface area contributed by atoms with E-state index >= 15 is 0 Å². The largest absolute Gasteiger partial charge is 0.390 e. The van der Waals surface area contributed by atoms with Gasteiger partial charge >= 0.3 is 0 Å². The molecule has 0 heterocycles. The molecule has 90 valence electrons. The summed E-state index contributed by atoms with van der Waals surface area (Å²) in [6.45, 7) is 6.26. The third kappa shape index (κ3) is 6.75. The van der Waals surface area contributed by atoms with Crippen LogP contribution in [0.2, 0.25) is 0 Å². The maximum atomic E-state index is 9.60. The van der Waals surface area contributed by atoms with Crippen molar-refractivity contribution < 1.29 is 5.11 Å². The summed E-state index contributed by atoms with van der Waals surface area (Å²) in [5, 5.41) is 9.60. The lowest BCUT2D eigenvalue weighted by Crippen LogP contribution is -2.22. The Bertz CT molecular complexity index is 328. The van der Waals surface area contributed by atoms with Gasteiger partial charge in [0.05, 0.1) is 12.1 Å². The van der Waals surface area contributed by atoms with Crippen LogP contribution < -0.4 is 0 Å². The first-order chi connectivity index (χ1) is 6.97. The number of aliphatic hydroxyl groups is 1. The van der Waals surface area contributed by atoms with Gasteiger partial charge in [0.25, 0.3) is 0 Å². The molecule has 0 spiro atoms. The van der Waals surface area contributed by atoms with E-state index in [4.69, 9.17) is 0 Å². The zero-order valence-electron chi connectivity index (χ0n) is 10.1. The Morgan fingerprint density at radius 3 is 2.31 bits per heavy atom. The predicted molar refractivity (Wildman–Crippen MR) is 74.5 cm³/mol. The molecule has 0 aliphatic rings. The van der Waals surface area contributed by atoms with E-state index in [1.807, 2.05) is 25.1 Å². The number of hydrogen-bond donors (Lipinski definition) is 1. The van der Waals surface area contributed by atoms with Gasteiger partial charge in [0.1, 0.15) is 0 Å². The Labute approximate surface area is 108 Å². The molecule has 3 heteroatoms. The molecule has 0 aliphatic heterocycles. The summed E-state index contributed by atoms with van der Waals surface area (Å²) in [5.41, 5.74) is 1.53. The molecular formula is C13H20BrNO. The van der Waals surface area contributed by atoms with Gasteiger partial charge in [-0.05, 0) is 26.3 Å². The van der Waals surface area contributed by atoms with Crippen LogP contribution in [0.1, 0.15) is 32.8 Å². The molecule has 0 aliphatic carbocycles. The third-order valence-electron chi connectivity index (χ3n) is 2.06. The van der Waals surface area contributed by atoms with E-state index in [2.05, 4.69) is 17.1 Å². The van der Waals surface area contributed by atoms with Crippen LogP contribution in [0.4, 0.5) is 0 Å². The molecule has 0 fully saturated rings. The number of benzene rings is 1. The zero-order chi connectivity index (χ0) is 11.3. The van der Waals surface area contributed by atoms with Gasteiger partial charge in [-0.2, -0.15) is 0 Å². The number of aliphatic imine (C=N–C) groups is 1. The van der Waals surface area contributed by atoms with Crippen molar-refractivity contribution in [3.63, 3.8) is 0 Å². The van der Waals surface area contributed by atoms with Crippen molar-refractivity contribution in [3.05, 3.63) is 35.9 Å². The molecule has 0 aromatic heterocycles. The molecule has 2 nitrogen and oxygen atoms in total. The van der Waals surface area contributed by atoms with E-state index in [-0.39, 0.29) is 17.0 Å². The van der Waals surface area contributed by atoms with Crippen LogP contribution in [-0.4, -0.2) is 16.4 Å². The van der Waals surface area contributed by atoms with E-state index in [0.717, 1.165) is 5.71 Å². The van der Waals surface area contributed by atoms with Crippen LogP contribution in [0.5, 0.6) is 0 Å². The summed E-state index contributed by atoms with van der Waals surface area (Å²) in [6.07, 6.45) is 0.625. The second kappa shape index (κ2) is 6.81. The van der Waals surface area contributed by atoms with Gasteiger partial charge < -0.3 is 5.11 Å². The zero-order valence-corrected chi connectivity index (χ0v) is 11.8. The van der Waals surface area contributed by atoms with Gasteiger partial charge in [-0.25, -0.2) is 0 Å². The van der Waals surface area contributed by atoms with Gasteiger partial charge in [0.2, 0.25) is 0 Å². The first-order valence-electron chi connectivity index (χ1n) is 5.23. The molecule has 0 unspecified atom stereocenters. The molecule has 1 rings (SSSR count). The van der Waals surface area contributed by atoms with Crippen molar-refractivity contribution in [1.29, 1.82) is 0 Å². The van der Waals surface area contributed by atoms with Gasteiger partial charge in [0.15, 0.2) is 0 Å². The Hall–Kier alpha value is -0.670. The maximum absolute atomic E-state index is 9.60. The van der Waals surface area contributed by atoms with Gasteiger partial charge in [0, 0.05) is 12.1 Å². The molecule has 0 bridgehead atoms. The average molecular weight is 286 g/mol. The summed E-state index contributed by atoms with van der Waals surface area (Å²) in [4.78, 5) is 4.44. The molecule has 1 aromatic rings. The van der Waals surface area contributed by atoms with Crippen molar-refractivity contribution in [2.45, 2.75) is 39.3 Å². The standard InChI is InChI=1S/C13H19NO.BrH/c1-11(9-13(2,3)15)14-10-12-7-5-4-6-8-12;/h4-8,15H,9-10H2,1-3H3;1H. The van der Waals surface area contributed by atoms with Crippen molar-refractivity contribution in [2.24, 2.45) is 4.99 Å². The summed E-state index contributed by atoms with van der Waals surface area (Å²) < 4.78 is 0. The number of rotatable bonds is 4. The van der Waals surface area contributed by atoms with E-state index in [9.17, 15) is 5.11 Å². The second-order valence-electron chi connectivity index (χ2n) is 4.53. The highest BCUT2D eigenvalue weighted by molar-refractivity contribution is 8.93. The summed E-state index contributed by atoms with van der Waals surface area (Å²) in [7, 11) is 0. The number of nitrogens with zero attached hydrogens (tertiary/aromatic N) is 1. The minimum absolute atomic E-state index is 0. The quantitative estimate of drug-likeness (QED) is 0.845. The molecule has 0 radical (unpaired) electrons. The lowest BCUT2D eigenvalue weighted by Gasteiger charge is -2.16. The molecule has 0 saturated carbocycles. The van der Waals surface area contributed by atoms with Crippen molar-refractivity contribution >= 4 is 22.7 Å². The Balaban J connectivity index is 0.00000225. The fourth-order valence-electron chi connectivity index (χ4n) is 1.49. The van der Waals surface area contributed by atoms with Crippen molar-refractivity contribution in [3.8, 4) is 0 Å². The minimum Gasteiger partial charge on any atom is -0.390 e.